The minimum atomic E-state index is 0.579. The van der Waals surface area contributed by atoms with E-state index in [-0.39, 0.29) is 0 Å². The maximum atomic E-state index is 5.17. The first kappa shape index (κ1) is 11.3. The van der Waals surface area contributed by atoms with Crippen LogP contribution in [-0.2, 0) is 11.3 Å². The van der Waals surface area contributed by atoms with Crippen molar-refractivity contribution in [1.82, 2.24) is 9.97 Å². The number of hydrogen-bond acceptors (Lipinski definition) is 5. The highest BCUT2D eigenvalue weighted by Crippen LogP contribution is 2.33. The normalized spacial score (nSPS) is 11.1. The molecule has 0 fully saturated rings. The molecule has 15 heavy (non-hydrogen) atoms. The summed E-state index contributed by atoms with van der Waals surface area (Å²) in [6, 6.07) is 0. The Morgan fingerprint density at radius 2 is 2.40 bits per heavy atom. The Morgan fingerprint density at radius 1 is 1.60 bits per heavy atom. The van der Waals surface area contributed by atoms with Gasteiger partial charge in [-0.3, -0.25) is 0 Å². The van der Waals surface area contributed by atoms with Crippen molar-refractivity contribution in [2.24, 2.45) is 0 Å². The molecule has 2 rings (SSSR count). The van der Waals surface area contributed by atoms with Crippen molar-refractivity contribution in [2.45, 2.75) is 10.9 Å². The lowest BCUT2D eigenvalue weighted by atomic mass is 10.3. The average molecular weight is 305 g/mol. The van der Waals surface area contributed by atoms with Crippen LogP contribution in [0.3, 0.4) is 0 Å². The van der Waals surface area contributed by atoms with Gasteiger partial charge in [-0.2, -0.15) is 0 Å². The minimum Gasteiger partial charge on any atom is -0.380 e. The third-order valence-electron chi connectivity index (χ3n) is 1.92. The van der Waals surface area contributed by atoms with Crippen LogP contribution in [0.15, 0.2) is 15.0 Å². The molecule has 0 radical (unpaired) electrons. The lowest BCUT2D eigenvalue weighted by Crippen LogP contribution is -1.91. The first-order valence-corrected chi connectivity index (χ1v) is 7.06. The van der Waals surface area contributed by atoms with E-state index in [1.807, 2.05) is 6.26 Å². The molecule has 0 saturated carbocycles. The largest absolute Gasteiger partial charge is 0.380 e. The second kappa shape index (κ2) is 4.78. The molecule has 0 aliphatic heterocycles. The molecule has 2 aromatic rings. The second-order valence-corrected chi connectivity index (χ2v) is 5.76. The maximum absolute atomic E-state index is 5.17. The van der Waals surface area contributed by atoms with Gasteiger partial charge in [0.2, 0.25) is 0 Å². The van der Waals surface area contributed by atoms with Crippen molar-refractivity contribution in [3.8, 4) is 0 Å². The van der Waals surface area contributed by atoms with Gasteiger partial charge in [0.25, 0.3) is 0 Å². The molecule has 2 aromatic heterocycles. The number of ether oxygens (including phenoxy) is 1. The van der Waals surface area contributed by atoms with Gasteiger partial charge in [0.15, 0.2) is 9.99 Å². The predicted molar refractivity (Wildman–Crippen MR) is 67.6 cm³/mol. The molecule has 0 aromatic carbocycles. The number of rotatable bonds is 3. The number of fused-ring (bicyclic) bond motifs is 1. The summed E-state index contributed by atoms with van der Waals surface area (Å²) in [5, 5.41) is 0. The highest BCUT2D eigenvalue weighted by atomic mass is 79.9. The SMILES string of the molecule is COCc1c(Br)cnc2nc(SC)sc12. The first-order chi connectivity index (χ1) is 7.26. The Morgan fingerprint density at radius 3 is 3.07 bits per heavy atom. The van der Waals surface area contributed by atoms with E-state index in [4.69, 9.17) is 4.74 Å². The fourth-order valence-electron chi connectivity index (χ4n) is 1.25. The summed E-state index contributed by atoms with van der Waals surface area (Å²) in [5.41, 5.74) is 1.93. The van der Waals surface area contributed by atoms with E-state index in [1.54, 1.807) is 36.4 Å². The fraction of sp³-hybridized carbons (Fsp3) is 0.333. The molecular weight excluding hydrogens is 296 g/mol. The highest BCUT2D eigenvalue weighted by Gasteiger charge is 2.11. The van der Waals surface area contributed by atoms with Gasteiger partial charge in [-0.25, -0.2) is 9.97 Å². The second-order valence-electron chi connectivity index (χ2n) is 2.85. The molecule has 6 heteroatoms. The van der Waals surface area contributed by atoms with Crippen LogP contribution in [0.4, 0.5) is 0 Å². The van der Waals surface area contributed by atoms with Crippen molar-refractivity contribution in [3.05, 3.63) is 16.2 Å². The van der Waals surface area contributed by atoms with Crippen LogP contribution >= 0.6 is 39.0 Å². The molecular formula is C9H9BrN2OS2. The number of nitrogens with zero attached hydrogens (tertiary/aromatic N) is 2. The van der Waals surface area contributed by atoms with Gasteiger partial charge in [-0.15, -0.1) is 11.3 Å². The summed E-state index contributed by atoms with van der Waals surface area (Å²) >= 11 is 6.77. The van der Waals surface area contributed by atoms with Gasteiger partial charge in [-0.1, -0.05) is 11.8 Å². The fourth-order valence-corrected chi connectivity index (χ4v) is 3.34. The van der Waals surface area contributed by atoms with Crippen LogP contribution < -0.4 is 0 Å². The van der Waals surface area contributed by atoms with Gasteiger partial charge in [0.1, 0.15) is 0 Å². The lowest BCUT2D eigenvalue weighted by Gasteiger charge is -2.02. The minimum absolute atomic E-state index is 0.579. The number of pyridine rings is 1. The number of hydrogen-bond donors (Lipinski definition) is 0. The molecule has 0 spiro atoms. The van der Waals surface area contributed by atoms with Crippen LogP contribution in [-0.4, -0.2) is 23.3 Å². The topological polar surface area (TPSA) is 35.0 Å². The quantitative estimate of drug-likeness (QED) is 0.815. The summed E-state index contributed by atoms with van der Waals surface area (Å²) in [4.78, 5) is 8.69. The van der Waals surface area contributed by atoms with E-state index in [0.717, 1.165) is 24.7 Å². The lowest BCUT2D eigenvalue weighted by molar-refractivity contribution is 0.185. The Labute approximate surface area is 104 Å². The summed E-state index contributed by atoms with van der Waals surface area (Å²) in [7, 11) is 1.69. The van der Waals surface area contributed by atoms with Crippen LogP contribution in [0.5, 0.6) is 0 Å². The smallest absolute Gasteiger partial charge is 0.172 e. The molecule has 0 bridgehead atoms. The van der Waals surface area contributed by atoms with Crippen molar-refractivity contribution in [2.75, 3.05) is 13.4 Å². The van der Waals surface area contributed by atoms with E-state index in [9.17, 15) is 0 Å². The molecule has 0 unspecified atom stereocenters. The summed E-state index contributed by atoms with van der Waals surface area (Å²) in [5.74, 6) is 0. The number of thiazole rings is 1. The van der Waals surface area contributed by atoms with Crippen molar-refractivity contribution >= 4 is 49.4 Å². The summed E-state index contributed by atoms with van der Waals surface area (Å²) in [6.45, 7) is 0.579. The Bertz CT molecular complexity index is 486. The third kappa shape index (κ3) is 2.18. The monoisotopic (exact) mass is 304 g/mol. The van der Waals surface area contributed by atoms with Gasteiger partial charge in [0.05, 0.1) is 11.3 Å². The highest BCUT2D eigenvalue weighted by molar-refractivity contribution is 9.10. The van der Waals surface area contributed by atoms with Crippen LogP contribution in [0.1, 0.15) is 5.56 Å². The number of aromatic nitrogens is 2. The number of methoxy groups -OCH3 is 1. The van der Waals surface area contributed by atoms with E-state index in [0.29, 0.717) is 6.61 Å². The summed E-state index contributed by atoms with van der Waals surface area (Å²) in [6.07, 6.45) is 3.79. The molecule has 0 saturated heterocycles. The van der Waals surface area contributed by atoms with Crippen molar-refractivity contribution in [1.29, 1.82) is 0 Å². The van der Waals surface area contributed by atoms with Gasteiger partial charge in [0, 0.05) is 23.3 Å². The molecule has 3 nitrogen and oxygen atoms in total. The summed E-state index contributed by atoms with van der Waals surface area (Å²) < 4.78 is 8.30. The predicted octanol–water partition coefficient (Wildman–Crippen LogP) is 3.32. The van der Waals surface area contributed by atoms with Crippen LogP contribution in [0.2, 0.25) is 0 Å². The van der Waals surface area contributed by atoms with Crippen molar-refractivity contribution < 1.29 is 4.74 Å². The molecule has 80 valence electrons. The maximum Gasteiger partial charge on any atom is 0.172 e. The van der Waals surface area contributed by atoms with Gasteiger partial charge >= 0.3 is 0 Å². The van der Waals surface area contributed by atoms with Crippen LogP contribution in [0, 0.1) is 0 Å². The molecule has 0 amide bonds. The third-order valence-corrected chi connectivity index (χ3v) is 4.69. The van der Waals surface area contributed by atoms with E-state index in [2.05, 4.69) is 25.9 Å². The number of thioether (sulfide) groups is 1. The zero-order valence-corrected chi connectivity index (χ0v) is 11.5. The van der Waals surface area contributed by atoms with E-state index >= 15 is 0 Å². The standard InChI is InChI=1S/C9H9BrN2OS2/c1-13-4-5-6(10)3-11-8-7(5)15-9(12-8)14-2/h3H,4H2,1-2H3. The number of halogens is 1. The average Bonchev–Trinajstić information content (AvgIpc) is 2.66. The van der Waals surface area contributed by atoms with E-state index in [1.165, 1.54) is 0 Å². The molecule has 0 atom stereocenters. The Hall–Kier alpha value is -0.170. The van der Waals surface area contributed by atoms with Gasteiger partial charge in [-0.05, 0) is 22.2 Å². The molecule has 0 aliphatic rings. The van der Waals surface area contributed by atoms with Gasteiger partial charge < -0.3 is 4.74 Å². The van der Waals surface area contributed by atoms with Crippen LogP contribution in [0.25, 0.3) is 10.3 Å². The zero-order valence-electron chi connectivity index (χ0n) is 8.28. The van der Waals surface area contributed by atoms with E-state index < -0.39 is 0 Å². The zero-order chi connectivity index (χ0) is 10.8. The molecule has 2 heterocycles. The molecule has 0 aliphatic carbocycles. The molecule has 0 N–H and O–H groups in total. The Kier molecular flexibility index (Phi) is 3.60. The Balaban J connectivity index is 2.63. The first-order valence-electron chi connectivity index (χ1n) is 4.23. The van der Waals surface area contributed by atoms with Crippen molar-refractivity contribution in [3.63, 3.8) is 0 Å².